The summed E-state index contributed by atoms with van der Waals surface area (Å²) in [5.41, 5.74) is 2.33. The molecule has 130 valence electrons. The van der Waals surface area contributed by atoms with E-state index in [0.717, 1.165) is 18.8 Å². The number of para-hydroxylation sites is 1. The number of benzene rings is 2. The molecule has 1 N–H and O–H groups in total. The van der Waals surface area contributed by atoms with Gasteiger partial charge in [-0.2, -0.15) is 0 Å². The second-order valence-electron chi connectivity index (χ2n) is 5.99. The Labute approximate surface area is 152 Å². The molecule has 0 bridgehead atoms. The van der Waals surface area contributed by atoms with Crippen LogP contribution in [-0.4, -0.2) is 42.9 Å². The fraction of sp³-hybridized carbons (Fsp3) is 0.263. The summed E-state index contributed by atoms with van der Waals surface area (Å²) in [5.74, 6) is 0.0552. The van der Waals surface area contributed by atoms with Crippen LogP contribution in [0.3, 0.4) is 0 Å². The van der Waals surface area contributed by atoms with E-state index in [4.69, 9.17) is 11.6 Å². The lowest BCUT2D eigenvalue weighted by Gasteiger charge is -2.36. The van der Waals surface area contributed by atoms with E-state index < -0.39 is 0 Å². The molecule has 2 aromatic rings. The Bertz CT molecular complexity index is 786. The van der Waals surface area contributed by atoms with Crippen molar-refractivity contribution in [1.82, 2.24) is 4.90 Å². The molecule has 1 saturated heterocycles. The van der Waals surface area contributed by atoms with Crippen LogP contribution in [0.25, 0.3) is 0 Å². The quantitative estimate of drug-likeness (QED) is 0.848. The Kier molecular flexibility index (Phi) is 5.24. The second-order valence-corrected chi connectivity index (χ2v) is 6.40. The van der Waals surface area contributed by atoms with Crippen molar-refractivity contribution >= 4 is 34.8 Å². The first-order chi connectivity index (χ1) is 12.0. The molecule has 0 atom stereocenters. The molecular weight excluding hydrogens is 338 g/mol. The first-order valence-electron chi connectivity index (χ1n) is 8.21. The van der Waals surface area contributed by atoms with Crippen LogP contribution in [0.5, 0.6) is 0 Å². The number of Topliss-reactive ketones (excluding diaryl/α,β-unsaturated/α-hetero) is 1. The van der Waals surface area contributed by atoms with Gasteiger partial charge in [0.25, 0.3) is 0 Å². The van der Waals surface area contributed by atoms with Crippen LogP contribution in [0.15, 0.2) is 48.5 Å². The van der Waals surface area contributed by atoms with E-state index in [1.807, 2.05) is 36.4 Å². The number of hydrogen-bond acceptors (Lipinski definition) is 3. The van der Waals surface area contributed by atoms with Crippen molar-refractivity contribution in [1.29, 1.82) is 0 Å². The number of piperazine rings is 1. The largest absolute Gasteiger partial charge is 0.368 e. The number of hydrogen-bond donors (Lipinski definition) is 1. The highest BCUT2D eigenvalue weighted by Gasteiger charge is 2.22. The molecule has 25 heavy (non-hydrogen) atoms. The molecule has 0 aliphatic carbocycles. The van der Waals surface area contributed by atoms with Crippen LogP contribution in [0, 0.1) is 0 Å². The highest BCUT2D eigenvalue weighted by Crippen LogP contribution is 2.22. The Morgan fingerprint density at radius 3 is 2.40 bits per heavy atom. The van der Waals surface area contributed by atoms with Gasteiger partial charge in [-0.15, -0.1) is 0 Å². The van der Waals surface area contributed by atoms with Gasteiger partial charge in [0.1, 0.15) is 0 Å². The molecule has 2 aromatic carbocycles. The number of carbonyl (C=O) groups is 2. The Morgan fingerprint density at radius 2 is 1.72 bits per heavy atom. The maximum Gasteiger partial charge on any atom is 0.322 e. The average Bonchev–Trinajstić information content (AvgIpc) is 2.64. The summed E-state index contributed by atoms with van der Waals surface area (Å²) in [4.78, 5) is 27.9. The first-order valence-corrected chi connectivity index (χ1v) is 8.59. The molecule has 1 aliphatic heterocycles. The molecule has 0 spiro atoms. The van der Waals surface area contributed by atoms with E-state index in [0.29, 0.717) is 29.4 Å². The van der Waals surface area contributed by atoms with Gasteiger partial charge in [-0.3, -0.25) is 4.79 Å². The maximum atomic E-state index is 12.4. The van der Waals surface area contributed by atoms with Gasteiger partial charge in [0.15, 0.2) is 5.78 Å². The summed E-state index contributed by atoms with van der Waals surface area (Å²) in [6.07, 6.45) is 0. The van der Waals surface area contributed by atoms with Crippen LogP contribution >= 0.6 is 11.6 Å². The second kappa shape index (κ2) is 7.57. The van der Waals surface area contributed by atoms with Crippen LogP contribution < -0.4 is 10.2 Å². The number of urea groups is 1. The molecular formula is C19H20ClN3O2. The van der Waals surface area contributed by atoms with Crippen molar-refractivity contribution in [2.75, 3.05) is 36.4 Å². The van der Waals surface area contributed by atoms with Crippen LogP contribution in [0.2, 0.25) is 5.02 Å². The molecule has 2 amide bonds. The van der Waals surface area contributed by atoms with Gasteiger partial charge in [-0.05, 0) is 31.2 Å². The standard InChI is InChI=1S/C19H20ClN3O2/c1-14(24)15-5-4-6-16(13-15)22-9-11-23(12-10-22)19(25)21-18-8-3-2-7-17(18)20/h2-8,13H,9-12H2,1H3,(H,21,25). The Morgan fingerprint density at radius 1 is 1.00 bits per heavy atom. The zero-order valence-corrected chi connectivity index (χ0v) is 14.8. The number of amides is 2. The first kappa shape index (κ1) is 17.3. The minimum Gasteiger partial charge on any atom is -0.368 e. The molecule has 0 saturated carbocycles. The zero-order chi connectivity index (χ0) is 17.8. The van der Waals surface area contributed by atoms with Crippen molar-refractivity contribution in [3.8, 4) is 0 Å². The lowest BCUT2D eigenvalue weighted by atomic mass is 10.1. The van der Waals surface area contributed by atoms with Crippen LogP contribution in [0.1, 0.15) is 17.3 Å². The summed E-state index contributed by atoms with van der Waals surface area (Å²) in [5, 5.41) is 3.37. The predicted octanol–water partition coefficient (Wildman–Crippen LogP) is 3.90. The van der Waals surface area contributed by atoms with Gasteiger partial charge in [0, 0.05) is 37.4 Å². The van der Waals surface area contributed by atoms with Crippen molar-refractivity contribution < 1.29 is 9.59 Å². The summed E-state index contributed by atoms with van der Waals surface area (Å²) in [7, 11) is 0. The highest BCUT2D eigenvalue weighted by atomic mass is 35.5. The smallest absolute Gasteiger partial charge is 0.322 e. The van der Waals surface area contributed by atoms with Gasteiger partial charge in [-0.25, -0.2) is 4.79 Å². The van der Waals surface area contributed by atoms with Crippen LogP contribution in [-0.2, 0) is 0 Å². The summed E-state index contributed by atoms with van der Waals surface area (Å²) < 4.78 is 0. The Balaban J connectivity index is 1.60. The molecule has 0 aromatic heterocycles. The molecule has 5 nitrogen and oxygen atoms in total. The lowest BCUT2D eigenvalue weighted by molar-refractivity contribution is 0.101. The SMILES string of the molecule is CC(=O)c1cccc(N2CCN(C(=O)Nc3ccccc3Cl)CC2)c1. The molecule has 3 rings (SSSR count). The number of ketones is 1. The van der Waals surface area contributed by atoms with Gasteiger partial charge in [0.05, 0.1) is 10.7 Å². The minimum absolute atomic E-state index is 0.0552. The van der Waals surface area contributed by atoms with Crippen molar-refractivity contribution in [2.45, 2.75) is 6.92 Å². The lowest BCUT2D eigenvalue weighted by Crippen LogP contribution is -2.50. The summed E-state index contributed by atoms with van der Waals surface area (Å²) in [6.45, 7) is 4.23. The average molecular weight is 358 g/mol. The number of halogens is 1. The van der Waals surface area contributed by atoms with Crippen molar-refractivity contribution in [3.05, 3.63) is 59.1 Å². The third-order valence-corrected chi connectivity index (χ3v) is 4.63. The highest BCUT2D eigenvalue weighted by molar-refractivity contribution is 6.33. The molecule has 0 radical (unpaired) electrons. The molecule has 0 unspecified atom stereocenters. The Hall–Kier alpha value is -2.53. The fourth-order valence-corrected chi connectivity index (χ4v) is 3.03. The number of anilines is 2. The van der Waals surface area contributed by atoms with E-state index >= 15 is 0 Å². The fourth-order valence-electron chi connectivity index (χ4n) is 2.85. The third-order valence-electron chi connectivity index (χ3n) is 4.30. The maximum absolute atomic E-state index is 12.4. The van der Waals surface area contributed by atoms with Gasteiger partial charge < -0.3 is 15.1 Å². The van der Waals surface area contributed by atoms with E-state index in [9.17, 15) is 9.59 Å². The molecule has 1 aliphatic rings. The van der Waals surface area contributed by atoms with Crippen molar-refractivity contribution in [3.63, 3.8) is 0 Å². The van der Waals surface area contributed by atoms with E-state index in [2.05, 4.69) is 10.2 Å². The van der Waals surface area contributed by atoms with E-state index in [1.54, 1.807) is 24.0 Å². The van der Waals surface area contributed by atoms with Gasteiger partial charge in [0.2, 0.25) is 0 Å². The summed E-state index contributed by atoms with van der Waals surface area (Å²) >= 11 is 6.08. The number of nitrogens with one attached hydrogen (secondary N) is 1. The minimum atomic E-state index is -0.148. The van der Waals surface area contributed by atoms with E-state index in [-0.39, 0.29) is 11.8 Å². The number of rotatable bonds is 3. The van der Waals surface area contributed by atoms with Crippen LogP contribution in [0.4, 0.5) is 16.2 Å². The number of carbonyl (C=O) groups excluding carboxylic acids is 2. The zero-order valence-electron chi connectivity index (χ0n) is 14.0. The van der Waals surface area contributed by atoms with E-state index in [1.165, 1.54) is 0 Å². The topological polar surface area (TPSA) is 52.7 Å². The number of nitrogens with zero attached hydrogens (tertiary/aromatic N) is 2. The van der Waals surface area contributed by atoms with Gasteiger partial charge >= 0.3 is 6.03 Å². The van der Waals surface area contributed by atoms with Gasteiger partial charge in [-0.1, -0.05) is 35.9 Å². The molecule has 1 fully saturated rings. The van der Waals surface area contributed by atoms with Crippen molar-refractivity contribution in [2.24, 2.45) is 0 Å². The molecule has 1 heterocycles. The molecule has 6 heteroatoms. The predicted molar refractivity (Wildman–Crippen MR) is 101 cm³/mol. The monoisotopic (exact) mass is 357 g/mol. The third kappa shape index (κ3) is 4.12. The normalized spacial score (nSPS) is 14.3. The summed E-state index contributed by atoms with van der Waals surface area (Å²) in [6, 6.07) is 14.6.